The molecule has 0 amide bonds. The Kier molecular flexibility index (Phi) is 3.33. The Morgan fingerprint density at radius 3 is 2.71 bits per heavy atom. The van der Waals surface area contributed by atoms with Crippen molar-refractivity contribution in [1.29, 1.82) is 0 Å². The van der Waals surface area contributed by atoms with E-state index in [1.807, 2.05) is 32.3 Å². The first kappa shape index (κ1) is 13.2. The second-order valence-corrected chi connectivity index (χ2v) is 4.73. The summed E-state index contributed by atoms with van der Waals surface area (Å²) >= 11 is 0. The number of hydrogen-bond donors (Lipinski definition) is 2. The minimum atomic E-state index is 0.521. The molecule has 0 unspecified atom stereocenters. The number of aromatic nitrogens is 5. The van der Waals surface area contributed by atoms with Crippen molar-refractivity contribution < 1.29 is 0 Å². The summed E-state index contributed by atoms with van der Waals surface area (Å²) in [7, 11) is 1.86. The van der Waals surface area contributed by atoms with Gasteiger partial charge in [-0.05, 0) is 24.6 Å². The fraction of sp³-hybridized carbons (Fsp3) is 0.143. The van der Waals surface area contributed by atoms with E-state index in [1.165, 1.54) is 0 Å². The third-order valence-electron chi connectivity index (χ3n) is 3.02. The molecule has 3 aromatic heterocycles. The first-order valence-corrected chi connectivity index (χ1v) is 6.43. The maximum absolute atomic E-state index is 5.50. The highest BCUT2D eigenvalue weighted by Gasteiger charge is 2.10. The van der Waals surface area contributed by atoms with Crippen molar-refractivity contribution in [1.82, 2.24) is 24.7 Å². The van der Waals surface area contributed by atoms with Crippen LogP contribution in [0.25, 0.3) is 22.8 Å². The number of aryl methyl sites for hydroxylation is 2. The van der Waals surface area contributed by atoms with Crippen LogP contribution in [0.1, 0.15) is 5.56 Å². The third kappa shape index (κ3) is 2.72. The monoisotopic (exact) mass is 281 g/mol. The summed E-state index contributed by atoms with van der Waals surface area (Å²) in [5.74, 6) is 6.55. The van der Waals surface area contributed by atoms with E-state index in [0.717, 1.165) is 16.8 Å². The maximum atomic E-state index is 5.50. The number of hydrazine groups is 1. The number of rotatable bonds is 3. The summed E-state index contributed by atoms with van der Waals surface area (Å²) < 4.78 is 1.72. The van der Waals surface area contributed by atoms with Gasteiger partial charge in [0.05, 0.1) is 11.9 Å². The van der Waals surface area contributed by atoms with Gasteiger partial charge in [-0.2, -0.15) is 5.10 Å². The van der Waals surface area contributed by atoms with Crippen molar-refractivity contribution in [3.8, 4) is 22.8 Å². The molecule has 3 heterocycles. The number of nitrogens with zero attached hydrogens (tertiary/aromatic N) is 5. The molecule has 0 spiro atoms. The lowest BCUT2D eigenvalue weighted by molar-refractivity contribution is 0.768. The first-order chi connectivity index (χ1) is 10.2. The number of hydrogen-bond acceptors (Lipinski definition) is 6. The number of pyridine rings is 1. The van der Waals surface area contributed by atoms with Gasteiger partial charge < -0.3 is 5.43 Å². The summed E-state index contributed by atoms with van der Waals surface area (Å²) in [5, 5.41) is 4.15. The average molecular weight is 281 g/mol. The summed E-state index contributed by atoms with van der Waals surface area (Å²) in [6.45, 7) is 2.00. The van der Waals surface area contributed by atoms with Gasteiger partial charge in [0, 0.05) is 31.1 Å². The SMILES string of the molecule is Cc1ccnc(-c2nc(NN)cc(-c3cnn(C)c3)n2)c1. The molecule has 0 saturated carbocycles. The zero-order valence-electron chi connectivity index (χ0n) is 11.8. The van der Waals surface area contributed by atoms with Gasteiger partial charge >= 0.3 is 0 Å². The van der Waals surface area contributed by atoms with Gasteiger partial charge in [-0.1, -0.05) is 0 Å². The van der Waals surface area contributed by atoms with Gasteiger partial charge in [-0.25, -0.2) is 15.8 Å². The van der Waals surface area contributed by atoms with E-state index in [-0.39, 0.29) is 0 Å². The molecule has 106 valence electrons. The van der Waals surface area contributed by atoms with Crippen molar-refractivity contribution in [2.24, 2.45) is 12.9 Å². The van der Waals surface area contributed by atoms with Crippen LogP contribution in [0.5, 0.6) is 0 Å². The first-order valence-electron chi connectivity index (χ1n) is 6.43. The van der Waals surface area contributed by atoms with Crippen LogP contribution < -0.4 is 11.3 Å². The number of anilines is 1. The number of nitrogens with two attached hydrogens (primary N) is 1. The molecule has 7 nitrogen and oxygen atoms in total. The lowest BCUT2D eigenvalue weighted by Crippen LogP contribution is -2.10. The standard InChI is InChI=1S/C14H15N7/c1-9-3-4-16-12(5-9)14-18-11(6-13(19-14)20-15)10-7-17-21(2)8-10/h3-8H,15H2,1-2H3,(H,18,19,20). The highest BCUT2D eigenvalue weighted by molar-refractivity contribution is 5.65. The summed E-state index contributed by atoms with van der Waals surface area (Å²) in [4.78, 5) is 13.2. The highest BCUT2D eigenvalue weighted by atomic mass is 15.3. The summed E-state index contributed by atoms with van der Waals surface area (Å²) in [6, 6.07) is 5.63. The zero-order chi connectivity index (χ0) is 14.8. The second-order valence-electron chi connectivity index (χ2n) is 4.73. The number of nitrogen functional groups attached to an aromatic ring is 1. The molecule has 0 aliphatic heterocycles. The van der Waals surface area contributed by atoms with E-state index in [0.29, 0.717) is 17.3 Å². The topological polar surface area (TPSA) is 94.5 Å². The molecule has 0 bridgehead atoms. The molecule has 0 aliphatic carbocycles. The predicted octanol–water partition coefficient (Wildman–Crippen LogP) is 1.53. The lowest BCUT2D eigenvalue weighted by Gasteiger charge is -2.06. The van der Waals surface area contributed by atoms with Gasteiger partial charge in [0.1, 0.15) is 11.5 Å². The molecule has 3 aromatic rings. The molecule has 0 radical (unpaired) electrons. The minimum absolute atomic E-state index is 0.521. The minimum Gasteiger partial charge on any atom is -0.308 e. The van der Waals surface area contributed by atoms with Gasteiger partial charge in [0.2, 0.25) is 0 Å². The molecule has 0 fully saturated rings. The van der Waals surface area contributed by atoms with Crippen molar-refractivity contribution in [2.75, 3.05) is 5.43 Å². The van der Waals surface area contributed by atoms with Crippen LogP contribution >= 0.6 is 0 Å². The molecule has 0 atom stereocenters. The highest BCUT2D eigenvalue weighted by Crippen LogP contribution is 2.23. The third-order valence-corrected chi connectivity index (χ3v) is 3.02. The molecule has 7 heteroatoms. The Labute approximate surface area is 121 Å². The van der Waals surface area contributed by atoms with Crippen molar-refractivity contribution in [3.63, 3.8) is 0 Å². The van der Waals surface area contributed by atoms with E-state index in [2.05, 4.69) is 25.5 Å². The fourth-order valence-corrected chi connectivity index (χ4v) is 2.00. The Hall–Kier alpha value is -2.80. The maximum Gasteiger partial charge on any atom is 0.180 e. The molecule has 0 aliphatic rings. The Bertz CT molecular complexity index is 778. The quantitative estimate of drug-likeness (QED) is 0.558. The van der Waals surface area contributed by atoms with Crippen LogP contribution in [0.15, 0.2) is 36.8 Å². The smallest absolute Gasteiger partial charge is 0.180 e. The molecule has 21 heavy (non-hydrogen) atoms. The van der Waals surface area contributed by atoms with Crippen LogP contribution in [0.2, 0.25) is 0 Å². The van der Waals surface area contributed by atoms with E-state index in [9.17, 15) is 0 Å². The van der Waals surface area contributed by atoms with Crippen molar-refractivity contribution >= 4 is 5.82 Å². The molecular formula is C14H15N7. The van der Waals surface area contributed by atoms with E-state index >= 15 is 0 Å². The molecule has 0 aromatic carbocycles. The fourth-order valence-electron chi connectivity index (χ4n) is 2.00. The largest absolute Gasteiger partial charge is 0.308 e. The van der Waals surface area contributed by atoms with Gasteiger partial charge in [0.25, 0.3) is 0 Å². The Balaban J connectivity index is 2.13. The normalized spacial score (nSPS) is 10.6. The predicted molar refractivity (Wildman–Crippen MR) is 80.0 cm³/mol. The van der Waals surface area contributed by atoms with Crippen LogP contribution in [-0.2, 0) is 7.05 Å². The van der Waals surface area contributed by atoms with Crippen LogP contribution in [0, 0.1) is 6.92 Å². The van der Waals surface area contributed by atoms with Crippen LogP contribution in [0.4, 0.5) is 5.82 Å². The van der Waals surface area contributed by atoms with Crippen LogP contribution in [0.3, 0.4) is 0 Å². The Morgan fingerprint density at radius 2 is 2.05 bits per heavy atom. The lowest BCUT2D eigenvalue weighted by atomic mass is 10.2. The average Bonchev–Trinajstić information content (AvgIpc) is 2.93. The van der Waals surface area contributed by atoms with E-state index < -0.39 is 0 Å². The Morgan fingerprint density at radius 1 is 1.19 bits per heavy atom. The van der Waals surface area contributed by atoms with Gasteiger partial charge in [0.15, 0.2) is 5.82 Å². The van der Waals surface area contributed by atoms with Gasteiger partial charge in [-0.15, -0.1) is 0 Å². The van der Waals surface area contributed by atoms with Gasteiger partial charge in [-0.3, -0.25) is 9.67 Å². The number of nitrogens with one attached hydrogen (secondary N) is 1. The zero-order valence-corrected chi connectivity index (χ0v) is 11.8. The van der Waals surface area contributed by atoms with Crippen LogP contribution in [-0.4, -0.2) is 24.7 Å². The molecule has 3 N–H and O–H groups in total. The van der Waals surface area contributed by atoms with Crippen molar-refractivity contribution in [2.45, 2.75) is 6.92 Å². The molecule has 3 rings (SSSR count). The molecular weight excluding hydrogens is 266 g/mol. The van der Waals surface area contributed by atoms with E-state index in [4.69, 9.17) is 5.84 Å². The van der Waals surface area contributed by atoms with E-state index in [1.54, 1.807) is 23.1 Å². The summed E-state index contributed by atoms with van der Waals surface area (Å²) in [6.07, 6.45) is 5.37. The second kappa shape index (κ2) is 5.29. The summed E-state index contributed by atoms with van der Waals surface area (Å²) in [5.41, 5.74) is 6.00. The van der Waals surface area contributed by atoms with Crippen molar-refractivity contribution in [3.05, 3.63) is 42.4 Å². The molecule has 0 saturated heterocycles.